The molecule has 0 aliphatic carbocycles. The van der Waals surface area contributed by atoms with Crippen LogP contribution < -0.4 is 5.32 Å². The van der Waals surface area contributed by atoms with Crippen LogP contribution in [0.4, 0.5) is 10.5 Å². The molecule has 1 amide bonds. The lowest BCUT2D eigenvalue weighted by Crippen LogP contribution is -2.27. The molecule has 0 fully saturated rings. The van der Waals surface area contributed by atoms with Crippen molar-refractivity contribution in [1.82, 2.24) is 4.90 Å². The van der Waals surface area contributed by atoms with Gasteiger partial charge in [-0.25, -0.2) is 9.59 Å². The number of carbonyl (C=O) groups excluding carboxylic acids is 2. The summed E-state index contributed by atoms with van der Waals surface area (Å²) in [5.74, 6) is -0.413. The molecule has 0 spiro atoms. The van der Waals surface area contributed by atoms with Gasteiger partial charge in [-0.2, -0.15) is 0 Å². The van der Waals surface area contributed by atoms with Gasteiger partial charge >= 0.3 is 12.1 Å². The van der Waals surface area contributed by atoms with Crippen molar-refractivity contribution in [3.63, 3.8) is 0 Å². The molecule has 0 aliphatic heterocycles. The second-order valence-electron chi connectivity index (χ2n) is 5.07. The lowest BCUT2D eigenvalue weighted by molar-refractivity contribution is -0.141. The summed E-state index contributed by atoms with van der Waals surface area (Å²) in [5, 5.41) is 10.9. The number of likely N-dealkylation sites (N-methyl/N-ethyl adjacent to an activating group) is 1. The monoisotopic (exact) mass is 370 g/mol. The minimum absolute atomic E-state index is 0.186. The van der Waals surface area contributed by atoms with Crippen LogP contribution in [0.1, 0.15) is 24.2 Å². The second kappa shape index (κ2) is 13.1. The Hall–Kier alpha value is -2.20. The van der Waals surface area contributed by atoms with E-state index in [0.29, 0.717) is 24.4 Å². The van der Waals surface area contributed by atoms with Crippen LogP contribution in [-0.4, -0.2) is 68.7 Å². The third kappa shape index (κ3) is 8.77. The first-order valence-corrected chi connectivity index (χ1v) is 8.30. The van der Waals surface area contributed by atoms with Crippen LogP contribution in [0.5, 0.6) is 0 Å². The molecule has 0 aliphatic rings. The van der Waals surface area contributed by atoms with Crippen molar-refractivity contribution < 1.29 is 33.6 Å². The first kappa shape index (κ1) is 21.8. The number of nitrogens with one attached hydrogen (secondary N) is 1. The predicted molar refractivity (Wildman–Crippen MR) is 93.6 cm³/mol. The lowest BCUT2D eigenvalue weighted by atomic mass is 10.2. The summed E-state index contributed by atoms with van der Waals surface area (Å²) in [6.45, 7) is 5.96. The normalized spacial score (nSPS) is 10.6. The third-order valence-corrected chi connectivity index (χ3v) is 3.43. The Bertz CT molecular complexity index is 532. The molecule has 1 aromatic rings. The molecule has 1 rings (SSSR count). The van der Waals surface area contributed by atoms with Crippen LogP contribution in [0.2, 0.25) is 0 Å². The molecule has 0 heterocycles. The number of ether oxygens (including phenoxy) is 4. The summed E-state index contributed by atoms with van der Waals surface area (Å²) in [6.07, 6.45) is -0.719. The average Bonchev–Trinajstić information content (AvgIpc) is 2.65. The Morgan fingerprint density at radius 1 is 1.04 bits per heavy atom. The Kier molecular flexibility index (Phi) is 11.0. The van der Waals surface area contributed by atoms with Gasteiger partial charge in [0.25, 0.3) is 0 Å². The van der Waals surface area contributed by atoms with Gasteiger partial charge in [-0.1, -0.05) is 13.8 Å². The number of esters is 1. The number of rotatable bonds is 12. The van der Waals surface area contributed by atoms with Crippen LogP contribution in [0, 0.1) is 0 Å². The number of amides is 1. The number of hydrogen-bond donors (Lipinski definition) is 2. The van der Waals surface area contributed by atoms with Crippen molar-refractivity contribution >= 4 is 17.7 Å². The second-order valence-corrected chi connectivity index (χ2v) is 5.07. The van der Waals surface area contributed by atoms with Gasteiger partial charge in [0.05, 0.1) is 5.56 Å². The van der Waals surface area contributed by atoms with Crippen LogP contribution in [0.15, 0.2) is 24.3 Å². The lowest BCUT2D eigenvalue weighted by Gasteiger charge is -2.17. The van der Waals surface area contributed by atoms with Crippen molar-refractivity contribution in [2.45, 2.75) is 13.8 Å². The number of aliphatic hydroxyl groups is 1. The summed E-state index contributed by atoms with van der Waals surface area (Å²) in [4.78, 5) is 25.6. The summed E-state index contributed by atoms with van der Waals surface area (Å²) >= 11 is 0. The van der Waals surface area contributed by atoms with E-state index in [9.17, 15) is 9.59 Å². The highest BCUT2D eigenvalue weighted by Crippen LogP contribution is 2.11. The molecule has 0 saturated carbocycles. The SMILES string of the molecule is CCN(CC)CCOC(=O)c1ccc(NC(=O)OCOCOCO)cc1. The van der Waals surface area contributed by atoms with E-state index in [1.807, 2.05) is 0 Å². The number of hydrogen-bond acceptors (Lipinski definition) is 8. The summed E-state index contributed by atoms with van der Waals surface area (Å²) in [7, 11) is 0. The number of anilines is 1. The molecule has 0 saturated heterocycles. The first-order valence-electron chi connectivity index (χ1n) is 8.30. The number of benzene rings is 1. The molecule has 0 radical (unpaired) electrons. The number of carbonyl (C=O) groups is 2. The van der Waals surface area contributed by atoms with E-state index in [1.54, 1.807) is 24.3 Å². The van der Waals surface area contributed by atoms with E-state index in [1.165, 1.54) is 0 Å². The van der Waals surface area contributed by atoms with Crippen LogP contribution in [-0.2, 0) is 18.9 Å². The maximum Gasteiger partial charge on any atom is 0.413 e. The topological polar surface area (TPSA) is 107 Å². The highest BCUT2D eigenvalue weighted by Gasteiger charge is 2.09. The molecule has 0 bridgehead atoms. The average molecular weight is 370 g/mol. The zero-order valence-corrected chi connectivity index (χ0v) is 15.1. The van der Waals surface area contributed by atoms with Gasteiger partial charge in [0.15, 0.2) is 13.6 Å². The largest absolute Gasteiger partial charge is 0.461 e. The Labute approximate surface area is 152 Å². The molecule has 0 atom stereocenters. The van der Waals surface area contributed by atoms with Crippen molar-refractivity contribution in [3.8, 4) is 0 Å². The van der Waals surface area contributed by atoms with E-state index in [0.717, 1.165) is 13.1 Å². The highest BCUT2D eigenvalue weighted by atomic mass is 16.8. The molecule has 26 heavy (non-hydrogen) atoms. The quantitative estimate of drug-likeness (QED) is 0.325. The fourth-order valence-electron chi connectivity index (χ4n) is 1.96. The third-order valence-electron chi connectivity index (χ3n) is 3.43. The maximum atomic E-state index is 12.0. The summed E-state index contributed by atoms with van der Waals surface area (Å²) in [6, 6.07) is 6.25. The van der Waals surface area contributed by atoms with E-state index in [4.69, 9.17) is 19.3 Å². The standard InChI is InChI=1S/C17H26N2O7/c1-3-19(4-2)9-10-25-16(21)14-5-7-15(8-6-14)18-17(22)26-13-24-12-23-11-20/h5-8,20H,3-4,9-13H2,1-2H3,(H,18,22). The molecule has 9 nitrogen and oxygen atoms in total. The van der Waals surface area contributed by atoms with Crippen LogP contribution >= 0.6 is 0 Å². The number of aliphatic hydroxyl groups excluding tert-OH is 1. The number of nitrogens with zero attached hydrogens (tertiary/aromatic N) is 1. The van der Waals surface area contributed by atoms with Gasteiger partial charge < -0.3 is 29.0 Å². The minimum Gasteiger partial charge on any atom is -0.461 e. The first-order chi connectivity index (χ1) is 12.6. The van der Waals surface area contributed by atoms with Gasteiger partial charge in [-0.3, -0.25) is 5.32 Å². The minimum atomic E-state index is -0.719. The zero-order valence-electron chi connectivity index (χ0n) is 15.1. The van der Waals surface area contributed by atoms with Crippen LogP contribution in [0.25, 0.3) is 0 Å². The van der Waals surface area contributed by atoms with E-state index in [-0.39, 0.29) is 13.6 Å². The molecular weight excluding hydrogens is 344 g/mol. The molecule has 0 unspecified atom stereocenters. The zero-order chi connectivity index (χ0) is 19.2. The van der Waals surface area contributed by atoms with Gasteiger partial charge in [-0.15, -0.1) is 0 Å². The molecular formula is C17H26N2O7. The van der Waals surface area contributed by atoms with Crippen molar-refractivity contribution in [2.24, 2.45) is 0 Å². The van der Waals surface area contributed by atoms with Gasteiger partial charge in [-0.05, 0) is 37.4 Å². The smallest absolute Gasteiger partial charge is 0.413 e. The predicted octanol–water partition coefficient (Wildman–Crippen LogP) is 1.63. The van der Waals surface area contributed by atoms with Crippen LogP contribution in [0.3, 0.4) is 0 Å². The fraction of sp³-hybridized carbons (Fsp3) is 0.529. The van der Waals surface area contributed by atoms with E-state index < -0.39 is 18.9 Å². The van der Waals surface area contributed by atoms with Gasteiger partial charge in [0.1, 0.15) is 13.4 Å². The van der Waals surface area contributed by atoms with Gasteiger partial charge in [0, 0.05) is 12.2 Å². The Balaban J connectivity index is 2.33. The summed E-state index contributed by atoms with van der Waals surface area (Å²) in [5.41, 5.74) is 0.856. The van der Waals surface area contributed by atoms with Crippen molar-refractivity contribution in [3.05, 3.63) is 29.8 Å². The van der Waals surface area contributed by atoms with E-state index >= 15 is 0 Å². The fourth-order valence-corrected chi connectivity index (χ4v) is 1.96. The highest BCUT2D eigenvalue weighted by molar-refractivity contribution is 5.91. The molecule has 0 aromatic heterocycles. The summed E-state index contributed by atoms with van der Waals surface area (Å²) < 4.78 is 19.2. The molecule has 9 heteroatoms. The van der Waals surface area contributed by atoms with Crippen molar-refractivity contribution in [2.75, 3.05) is 51.9 Å². The Morgan fingerprint density at radius 3 is 2.35 bits per heavy atom. The molecule has 1 aromatic carbocycles. The van der Waals surface area contributed by atoms with Gasteiger partial charge in [0.2, 0.25) is 0 Å². The maximum absolute atomic E-state index is 12.0. The Morgan fingerprint density at radius 2 is 1.73 bits per heavy atom. The molecule has 146 valence electrons. The molecule has 2 N–H and O–H groups in total. The van der Waals surface area contributed by atoms with E-state index in [2.05, 4.69) is 28.8 Å². The van der Waals surface area contributed by atoms with Crippen molar-refractivity contribution in [1.29, 1.82) is 0 Å².